The average Bonchev–Trinajstić information content (AvgIpc) is 3.34. The van der Waals surface area contributed by atoms with Crippen LogP contribution in [-0.2, 0) is 11.3 Å². The zero-order chi connectivity index (χ0) is 27.6. The van der Waals surface area contributed by atoms with Crippen LogP contribution in [0.5, 0.6) is 5.75 Å². The second-order valence-corrected chi connectivity index (χ2v) is 10.2. The highest BCUT2D eigenvalue weighted by molar-refractivity contribution is 7.99. The molecule has 0 radical (unpaired) electrons. The maximum absolute atomic E-state index is 12.8. The molecule has 1 heterocycles. The normalized spacial score (nSPS) is 10.7. The molecule has 4 rings (SSSR count). The highest BCUT2D eigenvalue weighted by Gasteiger charge is 2.17. The summed E-state index contributed by atoms with van der Waals surface area (Å²) in [6.07, 6.45) is 2.04. The summed E-state index contributed by atoms with van der Waals surface area (Å²) in [5.74, 6) is 0.956. The Kier molecular flexibility index (Phi) is 9.99. The number of carbonyl (C=O) groups excluding carboxylic acids is 2. The molecule has 0 aliphatic heterocycles. The third kappa shape index (κ3) is 8.08. The lowest BCUT2D eigenvalue weighted by molar-refractivity contribution is -0.113. The van der Waals surface area contributed by atoms with Crippen LogP contribution in [-0.4, -0.2) is 38.9 Å². The third-order valence-corrected chi connectivity index (χ3v) is 6.86. The predicted molar refractivity (Wildman–Crippen MR) is 155 cm³/mol. The molecule has 0 saturated heterocycles. The van der Waals surface area contributed by atoms with Gasteiger partial charge in [-0.1, -0.05) is 54.9 Å². The first kappa shape index (κ1) is 28.2. The molecule has 1 aromatic heterocycles. The Hall–Kier alpha value is -3.82. The van der Waals surface area contributed by atoms with Gasteiger partial charge in [0.1, 0.15) is 5.75 Å². The number of rotatable bonds is 12. The van der Waals surface area contributed by atoms with Crippen molar-refractivity contribution >= 4 is 40.9 Å². The molecule has 0 spiro atoms. The van der Waals surface area contributed by atoms with E-state index < -0.39 is 0 Å². The molecule has 3 aromatic carbocycles. The summed E-state index contributed by atoms with van der Waals surface area (Å²) in [5, 5.41) is 15.5. The van der Waals surface area contributed by atoms with Crippen molar-refractivity contribution in [2.24, 2.45) is 0 Å². The minimum absolute atomic E-state index is 0.128. The zero-order valence-corrected chi connectivity index (χ0v) is 23.4. The van der Waals surface area contributed by atoms with Crippen molar-refractivity contribution in [3.8, 4) is 11.4 Å². The summed E-state index contributed by atoms with van der Waals surface area (Å²) in [7, 11) is 0. The first-order chi connectivity index (χ1) is 18.9. The molecule has 0 saturated carbocycles. The van der Waals surface area contributed by atoms with E-state index in [9.17, 15) is 9.59 Å². The Morgan fingerprint density at radius 2 is 1.82 bits per heavy atom. The topological polar surface area (TPSA) is 98.1 Å². The summed E-state index contributed by atoms with van der Waals surface area (Å²) in [6.45, 7) is 4.85. The van der Waals surface area contributed by atoms with E-state index in [1.165, 1.54) is 11.8 Å². The molecule has 2 amide bonds. The SMILES string of the molecule is CCCCOc1ccc(C(=O)NCc2nnc(SCC(=O)Nc3cccc(C)c3)n2-c2cccc(Cl)c2)cc1. The molecule has 0 bridgehead atoms. The number of anilines is 1. The number of nitrogens with zero attached hydrogens (tertiary/aromatic N) is 3. The van der Waals surface area contributed by atoms with Gasteiger partial charge in [-0.15, -0.1) is 10.2 Å². The summed E-state index contributed by atoms with van der Waals surface area (Å²) in [6, 6.07) is 21.9. The van der Waals surface area contributed by atoms with Crippen molar-refractivity contribution in [3.63, 3.8) is 0 Å². The van der Waals surface area contributed by atoms with Gasteiger partial charge in [-0.25, -0.2) is 0 Å². The highest BCUT2D eigenvalue weighted by Crippen LogP contribution is 2.24. The van der Waals surface area contributed by atoms with Crippen molar-refractivity contribution in [2.45, 2.75) is 38.4 Å². The van der Waals surface area contributed by atoms with E-state index in [1.54, 1.807) is 41.0 Å². The quantitative estimate of drug-likeness (QED) is 0.160. The molecule has 0 unspecified atom stereocenters. The van der Waals surface area contributed by atoms with Crippen LogP contribution < -0.4 is 15.4 Å². The van der Waals surface area contributed by atoms with Gasteiger partial charge < -0.3 is 15.4 Å². The lowest BCUT2D eigenvalue weighted by atomic mass is 10.2. The number of hydrogen-bond donors (Lipinski definition) is 2. The number of aryl methyl sites for hydroxylation is 1. The van der Waals surface area contributed by atoms with Crippen LogP contribution in [0.4, 0.5) is 5.69 Å². The Bertz CT molecular complexity index is 1420. The molecular weight excluding hydrogens is 534 g/mol. The van der Waals surface area contributed by atoms with E-state index in [1.807, 2.05) is 43.3 Å². The lowest BCUT2D eigenvalue weighted by Crippen LogP contribution is -2.24. The number of carbonyl (C=O) groups is 2. The van der Waals surface area contributed by atoms with E-state index in [4.69, 9.17) is 16.3 Å². The van der Waals surface area contributed by atoms with Gasteiger partial charge in [-0.3, -0.25) is 14.2 Å². The maximum atomic E-state index is 12.8. The van der Waals surface area contributed by atoms with E-state index >= 15 is 0 Å². The fourth-order valence-corrected chi connectivity index (χ4v) is 4.69. The predicted octanol–water partition coefficient (Wildman–Crippen LogP) is 6.07. The van der Waals surface area contributed by atoms with E-state index in [2.05, 4.69) is 27.8 Å². The lowest BCUT2D eigenvalue weighted by Gasteiger charge is -2.12. The number of unbranched alkanes of at least 4 members (excludes halogenated alkanes) is 1. The molecule has 2 N–H and O–H groups in total. The molecule has 0 fully saturated rings. The van der Waals surface area contributed by atoms with Crippen LogP contribution in [0.25, 0.3) is 5.69 Å². The first-order valence-corrected chi connectivity index (χ1v) is 14.0. The molecule has 0 aliphatic rings. The Morgan fingerprint density at radius 3 is 2.56 bits per heavy atom. The number of aromatic nitrogens is 3. The number of ether oxygens (including phenoxy) is 1. The van der Waals surface area contributed by atoms with Gasteiger partial charge in [0.05, 0.1) is 24.6 Å². The number of thioether (sulfide) groups is 1. The van der Waals surface area contributed by atoms with Gasteiger partial charge in [0.2, 0.25) is 5.91 Å². The first-order valence-electron chi connectivity index (χ1n) is 12.6. The van der Waals surface area contributed by atoms with Gasteiger partial charge in [0, 0.05) is 16.3 Å². The van der Waals surface area contributed by atoms with Crippen molar-refractivity contribution in [2.75, 3.05) is 17.7 Å². The molecule has 39 heavy (non-hydrogen) atoms. The monoisotopic (exact) mass is 563 g/mol. The van der Waals surface area contributed by atoms with Crippen LogP contribution in [0.1, 0.15) is 41.5 Å². The van der Waals surface area contributed by atoms with Crippen molar-refractivity contribution in [1.82, 2.24) is 20.1 Å². The Labute approximate surface area is 237 Å². The molecular formula is C29H30ClN5O3S. The summed E-state index contributed by atoms with van der Waals surface area (Å²) in [5.41, 5.74) is 3.03. The van der Waals surface area contributed by atoms with Gasteiger partial charge in [0.15, 0.2) is 11.0 Å². The van der Waals surface area contributed by atoms with Crippen molar-refractivity contribution in [3.05, 3.63) is 94.8 Å². The fraction of sp³-hybridized carbons (Fsp3) is 0.241. The van der Waals surface area contributed by atoms with Crippen molar-refractivity contribution in [1.29, 1.82) is 0 Å². The minimum Gasteiger partial charge on any atom is -0.494 e. The van der Waals surface area contributed by atoms with Gasteiger partial charge in [-0.2, -0.15) is 0 Å². The van der Waals surface area contributed by atoms with Gasteiger partial charge in [0.25, 0.3) is 5.91 Å². The van der Waals surface area contributed by atoms with E-state index in [-0.39, 0.29) is 24.1 Å². The number of nitrogens with one attached hydrogen (secondary N) is 2. The number of benzene rings is 3. The molecule has 0 atom stereocenters. The molecule has 8 nitrogen and oxygen atoms in total. The molecule has 10 heteroatoms. The smallest absolute Gasteiger partial charge is 0.251 e. The van der Waals surface area contributed by atoms with Crippen LogP contribution in [0, 0.1) is 6.92 Å². The van der Waals surface area contributed by atoms with Crippen LogP contribution in [0.3, 0.4) is 0 Å². The maximum Gasteiger partial charge on any atom is 0.251 e. The van der Waals surface area contributed by atoms with Crippen LogP contribution in [0.15, 0.2) is 78.0 Å². The van der Waals surface area contributed by atoms with Gasteiger partial charge >= 0.3 is 0 Å². The summed E-state index contributed by atoms with van der Waals surface area (Å²) in [4.78, 5) is 25.4. The van der Waals surface area contributed by atoms with Crippen LogP contribution >= 0.6 is 23.4 Å². The van der Waals surface area contributed by atoms with E-state index in [0.29, 0.717) is 28.2 Å². The zero-order valence-electron chi connectivity index (χ0n) is 21.8. The average molecular weight is 564 g/mol. The second kappa shape index (κ2) is 13.8. The standard InChI is InChI=1S/C29H30ClN5O3S/c1-3-4-15-38-25-13-11-21(12-14-25)28(37)31-18-26-33-34-29(35(26)24-10-6-8-22(30)17-24)39-19-27(36)32-23-9-5-7-20(2)16-23/h5-14,16-17H,3-4,15,18-19H2,1-2H3,(H,31,37)(H,32,36). The number of amides is 2. The largest absolute Gasteiger partial charge is 0.494 e. The fourth-order valence-electron chi connectivity index (χ4n) is 3.73. The van der Waals surface area contributed by atoms with E-state index in [0.717, 1.165) is 35.5 Å². The molecule has 4 aromatic rings. The van der Waals surface area contributed by atoms with Crippen LogP contribution in [0.2, 0.25) is 5.02 Å². The Morgan fingerprint density at radius 1 is 1.03 bits per heavy atom. The summed E-state index contributed by atoms with van der Waals surface area (Å²) < 4.78 is 7.46. The molecule has 0 aliphatic carbocycles. The number of halogens is 1. The number of hydrogen-bond acceptors (Lipinski definition) is 6. The third-order valence-electron chi connectivity index (χ3n) is 5.69. The van der Waals surface area contributed by atoms with Crippen molar-refractivity contribution < 1.29 is 14.3 Å². The highest BCUT2D eigenvalue weighted by atomic mass is 35.5. The molecule has 202 valence electrons. The summed E-state index contributed by atoms with van der Waals surface area (Å²) >= 11 is 7.50. The minimum atomic E-state index is -0.248. The van der Waals surface area contributed by atoms with Gasteiger partial charge in [-0.05, 0) is 73.5 Å². The second-order valence-electron chi connectivity index (χ2n) is 8.83. The Balaban J connectivity index is 1.44.